The lowest BCUT2D eigenvalue weighted by molar-refractivity contribution is 0.272. The van der Waals surface area contributed by atoms with Gasteiger partial charge in [-0.25, -0.2) is 8.42 Å². The van der Waals surface area contributed by atoms with E-state index in [1.165, 1.54) is 6.26 Å². The summed E-state index contributed by atoms with van der Waals surface area (Å²) in [5.41, 5.74) is 2.78. The monoisotopic (exact) mass is 246 g/mol. The minimum atomic E-state index is -2.91. The summed E-state index contributed by atoms with van der Waals surface area (Å²) in [6.07, 6.45) is 7.49. The van der Waals surface area contributed by atoms with Gasteiger partial charge in [0, 0.05) is 12.3 Å². The molecule has 0 heterocycles. The molecular formula is C11H22N2O2S. The van der Waals surface area contributed by atoms with E-state index in [0.717, 1.165) is 32.1 Å². The van der Waals surface area contributed by atoms with Crippen molar-refractivity contribution < 1.29 is 8.42 Å². The molecule has 1 rings (SSSR count). The van der Waals surface area contributed by atoms with Crippen molar-refractivity contribution in [3.63, 3.8) is 0 Å². The van der Waals surface area contributed by atoms with Crippen LogP contribution in [0.4, 0.5) is 0 Å². The summed E-state index contributed by atoms with van der Waals surface area (Å²) in [4.78, 5) is 0. The van der Waals surface area contributed by atoms with E-state index in [9.17, 15) is 8.42 Å². The summed E-state index contributed by atoms with van der Waals surface area (Å²) in [6.45, 7) is 3.70. The Kier molecular flexibility index (Phi) is 4.95. The first-order chi connectivity index (χ1) is 7.49. The second-order valence-electron chi connectivity index (χ2n) is 4.68. The predicted octanol–water partition coefficient (Wildman–Crippen LogP) is 0.998. The highest BCUT2D eigenvalue weighted by atomic mass is 32.2. The van der Waals surface area contributed by atoms with Crippen molar-refractivity contribution in [2.45, 2.75) is 43.4 Å². The summed E-state index contributed by atoms with van der Waals surface area (Å²) in [7, 11) is -2.91. The minimum absolute atomic E-state index is 0.155. The zero-order valence-corrected chi connectivity index (χ0v) is 10.7. The van der Waals surface area contributed by atoms with E-state index >= 15 is 0 Å². The number of nitrogens with two attached hydrogens (primary N) is 1. The van der Waals surface area contributed by atoms with Gasteiger partial charge in [-0.1, -0.05) is 12.5 Å². The fourth-order valence-corrected chi connectivity index (χ4v) is 3.70. The van der Waals surface area contributed by atoms with Gasteiger partial charge in [-0.15, -0.1) is 6.58 Å². The normalized spacial score (nSPS) is 28.6. The van der Waals surface area contributed by atoms with Crippen LogP contribution in [-0.4, -0.2) is 26.0 Å². The zero-order valence-electron chi connectivity index (χ0n) is 9.85. The molecule has 3 unspecified atom stereocenters. The first kappa shape index (κ1) is 13.7. The molecule has 1 saturated carbocycles. The van der Waals surface area contributed by atoms with Gasteiger partial charge < -0.3 is 0 Å². The van der Waals surface area contributed by atoms with Crippen molar-refractivity contribution >= 4 is 9.84 Å². The SMILES string of the molecule is C=CCC(NN)C1CCCC(S(C)(=O)=O)C1. The van der Waals surface area contributed by atoms with Gasteiger partial charge in [0.05, 0.1) is 5.25 Å². The van der Waals surface area contributed by atoms with Crippen LogP contribution in [0.2, 0.25) is 0 Å². The zero-order chi connectivity index (χ0) is 12.2. The molecule has 1 aliphatic carbocycles. The number of hydrogen-bond donors (Lipinski definition) is 2. The van der Waals surface area contributed by atoms with E-state index in [0.29, 0.717) is 5.92 Å². The highest BCUT2D eigenvalue weighted by molar-refractivity contribution is 7.91. The molecule has 4 nitrogen and oxygen atoms in total. The highest BCUT2D eigenvalue weighted by Gasteiger charge is 2.32. The third-order valence-corrected chi connectivity index (χ3v) is 5.12. The van der Waals surface area contributed by atoms with Crippen LogP contribution >= 0.6 is 0 Å². The predicted molar refractivity (Wildman–Crippen MR) is 66.5 cm³/mol. The summed E-state index contributed by atoms with van der Waals surface area (Å²) < 4.78 is 23.1. The Labute approximate surface area is 98.2 Å². The van der Waals surface area contributed by atoms with Crippen LogP contribution in [0.3, 0.4) is 0 Å². The van der Waals surface area contributed by atoms with Gasteiger partial charge in [0.25, 0.3) is 0 Å². The van der Waals surface area contributed by atoms with Crippen molar-refractivity contribution in [3.05, 3.63) is 12.7 Å². The summed E-state index contributed by atoms with van der Waals surface area (Å²) in [5.74, 6) is 5.84. The quantitative estimate of drug-likeness (QED) is 0.431. The summed E-state index contributed by atoms with van der Waals surface area (Å²) in [6, 6.07) is 0.155. The molecule has 0 aliphatic heterocycles. The first-order valence-corrected chi connectivity index (χ1v) is 7.70. The maximum absolute atomic E-state index is 11.5. The van der Waals surface area contributed by atoms with E-state index < -0.39 is 9.84 Å². The molecule has 0 spiro atoms. The third-order valence-electron chi connectivity index (χ3n) is 3.48. The molecule has 0 bridgehead atoms. The van der Waals surface area contributed by atoms with Gasteiger partial charge in [0.1, 0.15) is 9.84 Å². The average Bonchev–Trinajstić information content (AvgIpc) is 2.25. The molecule has 0 amide bonds. The van der Waals surface area contributed by atoms with E-state index in [1.54, 1.807) is 0 Å². The molecule has 0 aromatic heterocycles. The number of sulfone groups is 1. The molecular weight excluding hydrogens is 224 g/mol. The Bertz CT molecular complexity index is 327. The van der Waals surface area contributed by atoms with Gasteiger partial charge in [0.15, 0.2) is 0 Å². The first-order valence-electron chi connectivity index (χ1n) is 5.75. The molecule has 3 N–H and O–H groups in total. The maximum atomic E-state index is 11.5. The van der Waals surface area contributed by atoms with Crippen molar-refractivity contribution in [2.75, 3.05) is 6.26 Å². The number of hydrazine groups is 1. The Morgan fingerprint density at radius 2 is 2.25 bits per heavy atom. The molecule has 5 heteroatoms. The molecule has 1 aliphatic rings. The third kappa shape index (κ3) is 3.57. The Morgan fingerprint density at radius 1 is 1.56 bits per heavy atom. The number of hydrogen-bond acceptors (Lipinski definition) is 4. The smallest absolute Gasteiger partial charge is 0.150 e. The van der Waals surface area contributed by atoms with E-state index in [4.69, 9.17) is 5.84 Å². The Balaban J connectivity index is 2.65. The van der Waals surface area contributed by atoms with E-state index in [2.05, 4.69) is 12.0 Å². The summed E-state index contributed by atoms with van der Waals surface area (Å²) in [5, 5.41) is -0.188. The molecule has 1 fully saturated rings. The molecule has 94 valence electrons. The second-order valence-corrected chi connectivity index (χ2v) is 7.00. The lowest BCUT2D eigenvalue weighted by Crippen LogP contribution is -2.44. The van der Waals surface area contributed by atoms with Gasteiger partial charge in [0.2, 0.25) is 0 Å². The van der Waals surface area contributed by atoms with Crippen molar-refractivity contribution in [2.24, 2.45) is 11.8 Å². The molecule has 0 aromatic carbocycles. The molecule has 3 atom stereocenters. The van der Waals surface area contributed by atoms with Crippen molar-refractivity contribution in [1.82, 2.24) is 5.43 Å². The lowest BCUT2D eigenvalue weighted by atomic mass is 9.82. The second kappa shape index (κ2) is 5.80. The van der Waals surface area contributed by atoms with Crippen LogP contribution in [0.5, 0.6) is 0 Å². The van der Waals surface area contributed by atoms with Crippen molar-refractivity contribution in [1.29, 1.82) is 0 Å². The Hall–Kier alpha value is -0.390. The van der Waals surface area contributed by atoms with Crippen LogP contribution in [0.15, 0.2) is 12.7 Å². The number of nitrogens with one attached hydrogen (secondary N) is 1. The van der Waals surface area contributed by atoms with Crippen molar-refractivity contribution in [3.8, 4) is 0 Å². The van der Waals surface area contributed by atoms with Gasteiger partial charge >= 0.3 is 0 Å². The van der Waals surface area contributed by atoms with Crippen LogP contribution in [0.25, 0.3) is 0 Å². The van der Waals surface area contributed by atoms with Crippen LogP contribution in [-0.2, 0) is 9.84 Å². The molecule has 0 saturated heterocycles. The van der Waals surface area contributed by atoms with Gasteiger partial charge in [-0.3, -0.25) is 11.3 Å². The largest absolute Gasteiger partial charge is 0.271 e. The average molecular weight is 246 g/mol. The maximum Gasteiger partial charge on any atom is 0.150 e. The standard InChI is InChI=1S/C11H22N2O2S/c1-3-5-11(13-12)9-6-4-7-10(8-9)16(2,14)15/h3,9-11,13H,1,4-8,12H2,2H3. The van der Waals surface area contributed by atoms with Crippen LogP contribution in [0.1, 0.15) is 32.1 Å². The van der Waals surface area contributed by atoms with Crippen LogP contribution in [0, 0.1) is 5.92 Å². The molecule has 0 radical (unpaired) electrons. The summed E-state index contributed by atoms with van der Waals surface area (Å²) >= 11 is 0. The van der Waals surface area contributed by atoms with E-state index in [-0.39, 0.29) is 11.3 Å². The lowest BCUT2D eigenvalue weighted by Gasteiger charge is -2.33. The fourth-order valence-electron chi connectivity index (χ4n) is 2.51. The molecule has 0 aromatic rings. The Morgan fingerprint density at radius 3 is 2.75 bits per heavy atom. The fraction of sp³-hybridized carbons (Fsp3) is 0.818. The topological polar surface area (TPSA) is 72.2 Å². The van der Waals surface area contributed by atoms with Gasteiger partial charge in [-0.05, 0) is 31.6 Å². The number of rotatable bonds is 5. The molecule has 16 heavy (non-hydrogen) atoms. The van der Waals surface area contributed by atoms with E-state index in [1.807, 2.05) is 6.08 Å². The van der Waals surface area contributed by atoms with Crippen LogP contribution < -0.4 is 11.3 Å². The highest BCUT2D eigenvalue weighted by Crippen LogP contribution is 2.31. The minimum Gasteiger partial charge on any atom is -0.271 e. The van der Waals surface area contributed by atoms with Gasteiger partial charge in [-0.2, -0.15) is 0 Å².